The first kappa shape index (κ1) is 14.8. The fraction of sp³-hybridized carbons (Fsp3) is 0.250. The summed E-state index contributed by atoms with van der Waals surface area (Å²) in [5.74, 6) is 0.440. The molecular formula is C16H17ClFNO. The van der Waals surface area contributed by atoms with Gasteiger partial charge in [0.2, 0.25) is 0 Å². The van der Waals surface area contributed by atoms with Gasteiger partial charge in [-0.15, -0.1) is 0 Å². The molecule has 1 N–H and O–H groups in total. The third-order valence-electron chi connectivity index (χ3n) is 3.09. The average molecular weight is 294 g/mol. The largest absolute Gasteiger partial charge is 0.492 e. The van der Waals surface area contributed by atoms with Gasteiger partial charge in [0.1, 0.15) is 18.2 Å². The normalized spacial score (nSPS) is 12.2. The highest BCUT2D eigenvalue weighted by atomic mass is 35.5. The van der Waals surface area contributed by atoms with E-state index in [0.717, 1.165) is 5.56 Å². The fourth-order valence-electron chi connectivity index (χ4n) is 2.00. The Labute approximate surface area is 123 Å². The molecular weight excluding hydrogens is 277 g/mol. The first-order valence-corrected chi connectivity index (χ1v) is 6.79. The molecule has 0 saturated heterocycles. The van der Waals surface area contributed by atoms with Gasteiger partial charge in [-0.2, -0.15) is 0 Å². The van der Waals surface area contributed by atoms with Crippen molar-refractivity contribution in [2.45, 2.75) is 13.0 Å². The summed E-state index contributed by atoms with van der Waals surface area (Å²) in [5, 5.41) is 3.69. The van der Waals surface area contributed by atoms with Crippen LogP contribution < -0.4 is 10.1 Å². The Morgan fingerprint density at radius 3 is 2.75 bits per heavy atom. The minimum absolute atomic E-state index is 0.214. The van der Waals surface area contributed by atoms with Crippen molar-refractivity contribution in [3.63, 3.8) is 0 Å². The second-order valence-electron chi connectivity index (χ2n) is 4.63. The molecule has 0 aliphatic heterocycles. The van der Waals surface area contributed by atoms with Gasteiger partial charge < -0.3 is 10.1 Å². The lowest BCUT2D eigenvalue weighted by molar-refractivity contribution is 0.270. The molecule has 0 heterocycles. The summed E-state index contributed by atoms with van der Waals surface area (Å²) < 4.78 is 19.6. The van der Waals surface area contributed by atoms with Crippen molar-refractivity contribution in [3.05, 3.63) is 64.4 Å². The lowest BCUT2D eigenvalue weighted by Crippen LogP contribution is -2.24. The van der Waals surface area contributed by atoms with Crippen LogP contribution in [0.4, 0.5) is 4.39 Å². The van der Waals surface area contributed by atoms with Crippen molar-refractivity contribution in [2.75, 3.05) is 13.7 Å². The first-order chi connectivity index (χ1) is 9.60. The molecule has 0 spiro atoms. The van der Waals surface area contributed by atoms with Crippen LogP contribution in [0, 0.1) is 12.7 Å². The Hall–Kier alpha value is -1.58. The van der Waals surface area contributed by atoms with Crippen LogP contribution in [0.3, 0.4) is 0 Å². The number of halogens is 2. The molecule has 0 fully saturated rings. The molecule has 4 heteroatoms. The van der Waals surface area contributed by atoms with E-state index in [1.807, 2.05) is 25.1 Å². The molecule has 0 bridgehead atoms. The fourth-order valence-corrected chi connectivity index (χ4v) is 2.18. The SMILES string of the molecule is CNC(COc1cccc(Cl)c1)c1cc(C)ccc1F. The van der Waals surface area contributed by atoms with Gasteiger partial charge in [0.05, 0.1) is 6.04 Å². The number of hydrogen-bond acceptors (Lipinski definition) is 2. The van der Waals surface area contributed by atoms with E-state index >= 15 is 0 Å². The Morgan fingerprint density at radius 2 is 2.05 bits per heavy atom. The molecule has 0 aliphatic carbocycles. The molecule has 1 atom stereocenters. The maximum Gasteiger partial charge on any atom is 0.128 e. The summed E-state index contributed by atoms with van der Waals surface area (Å²) >= 11 is 5.90. The predicted molar refractivity (Wildman–Crippen MR) is 79.9 cm³/mol. The number of hydrogen-bond donors (Lipinski definition) is 1. The van der Waals surface area contributed by atoms with E-state index in [1.54, 1.807) is 25.2 Å². The lowest BCUT2D eigenvalue weighted by atomic mass is 10.0. The molecule has 0 aromatic heterocycles. The maximum absolute atomic E-state index is 13.9. The predicted octanol–water partition coefficient (Wildman–Crippen LogP) is 4.13. The van der Waals surface area contributed by atoms with Gasteiger partial charge in [-0.1, -0.05) is 35.4 Å². The average Bonchev–Trinajstić information content (AvgIpc) is 2.43. The third kappa shape index (κ3) is 3.71. The molecule has 0 amide bonds. The zero-order valence-electron chi connectivity index (χ0n) is 11.5. The number of aryl methyl sites for hydroxylation is 1. The molecule has 0 saturated carbocycles. The van der Waals surface area contributed by atoms with E-state index < -0.39 is 0 Å². The van der Waals surface area contributed by atoms with Crippen molar-refractivity contribution >= 4 is 11.6 Å². The summed E-state index contributed by atoms with van der Waals surface area (Å²) in [6.07, 6.45) is 0. The molecule has 2 rings (SSSR count). The Morgan fingerprint density at radius 1 is 1.25 bits per heavy atom. The van der Waals surface area contributed by atoms with Gasteiger partial charge in [-0.25, -0.2) is 4.39 Å². The Kier molecular flexibility index (Phi) is 4.99. The second kappa shape index (κ2) is 6.73. The zero-order chi connectivity index (χ0) is 14.5. The van der Waals surface area contributed by atoms with Gasteiger partial charge >= 0.3 is 0 Å². The summed E-state index contributed by atoms with van der Waals surface area (Å²) in [7, 11) is 1.79. The molecule has 1 unspecified atom stereocenters. The van der Waals surface area contributed by atoms with Crippen LogP contribution in [-0.4, -0.2) is 13.7 Å². The van der Waals surface area contributed by atoms with Gasteiger partial charge in [-0.3, -0.25) is 0 Å². The number of likely N-dealkylation sites (N-methyl/N-ethyl adjacent to an activating group) is 1. The highest BCUT2D eigenvalue weighted by Crippen LogP contribution is 2.22. The van der Waals surface area contributed by atoms with Crippen LogP contribution in [0.2, 0.25) is 5.02 Å². The van der Waals surface area contributed by atoms with Gasteiger partial charge in [0.25, 0.3) is 0 Å². The zero-order valence-corrected chi connectivity index (χ0v) is 12.2. The quantitative estimate of drug-likeness (QED) is 0.895. The standard InChI is InChI=1S/C16H17ClFNO/c1-11-6-7-15(18)14(8-11)16(19-2)10-20-13-5-3-4-12(17)9-13/h3-9,16,19H,10H2,1-2H3. The summed E-state index contributed by atoms with van der Waals surface area (Å²) in [6.45, 7) is 2.27. The maximum atomic E-state index is 13.9. The van der Waals surface area contributed by atoms with Crippen LogP contribution >= 0.6 is 11.6 Å². The Bertz CT molecular complexity index is 588. The van der Waals surface area contributed by atoms with Crippen molar-refractivity contribution in [1.82, 2.24) is 5.32 Å². The molecule has 20 heavy (non-hydrogen) atoms. The van der Waals surface area contributed by atoms with E-state index in [-0.39, 0.29) is 11.9 Å². The van der Waals surface area contributed by atoms with Gasteiger partial charge in [0, 0.05) is 10.6 Å². The minimum atomic E-state index is -0.232. The third-order valence-corrected chi connectivity index (χ3v) is 3.32. The van der Waals surface area contributed by atoms with E-state index in [0.29, 0.717) is 22.9 Å². The first-order valence-electron chi connectivity index (χ1n) is 6.42. The number of nitrogens with one attached hydrogen (secondary N) is 1. The molecule has 2 aromatic rings. The topological polar surface area (TPSA) is 21.3 Å². The van der Waals surface area contributed by atoms with Crippen LogP contribution in [-0.2, 0) is 0 Å². The summed E-state index contributed by atoms with van der Waals surface area (Å²) in [6, 6.07) is 12.0. The molecule has 0 aliphatic rings. The number of benzene rings is 2. The van der Waals surface area contributed by atoms with Crippen molar-refractivity contribution in [1.29, 1.82) is 0 Å². The van der Waals surface area contributed by atoms with E-state index in [2.05, 4.69) is 5.32 Å². The molecule has 106 valence electrons. The van der Waals surface area contributed by atoms with Crippen LogP contribution in [0.5, 0.6) is 5.75 Å². The van der Waals surface area contributed by atoms with E-state index in [9.17, 15) is 4.39 Å². The molecule has 0 radical (unpaired) electrons. The van der Waals surface area contributed by atoms with E-state index in [1.165, 1.54) is 6.07 Å². The highest BCUT2D eigenvalue weighted by Gasteiger charge is 2.15. The molecule has 2 nitrogen and oxygen atoms in total. The number of ether oxygens (including phenoxy) is 1. The monoisotopic (exact) mass is 293 g/mol. The smallest absolute Gasteiger partial charge is 0.128 e. The van der Waals surface area contributed by atoms with E-state index in [4.69, 9.17) is 16.3 Å². The number of rotatable bonds is 5. The second-order valence-corrected chi connectivity index (χ2v) is 5.07. The molecule has 2 aromatic carbocycles. The summed E-state index contributed by atoms with van der Waals surface area (Å²) in [4.78, 5) is 0. The van der Waals surface area contributed by atoms with Crippen molar-refractivity contribution < 1.29 is 9.13 Å². The van der Waals surface area contributed by atoms with Crippen LogP contribution in [0.15, 0.2) is 42.5 Å². The van der Waals surface area contributed by atoms with Crippen LogP contribution in [0.1, 0.15) is 17.2 Å². The van der Waals surface area contributed by atoms with Crippen molar-refractivity contribution in [2.24, 2.45) is 0 Å². The van der Waals surface area contributed by atoms with Crippen LogP contribution in [0.25, 0.3) is 0 Å². The summed E-state index contributed by atoms with van der Waals surface area (Å²) in [5.41, 5.74) is 1.62. The van der Waals surface area contributed by atoms with Gasteiger partial charge in [0.15, 0.2) is 0 Å². The highest BCUT2D eigenvalue weighted by molar-refractivity contribution is 6.30. The van der Waals surface area contributed by atoms with Gasteiger partial charge in [-0.05, 0) is 38.2 Å². The minimum Gasteiger partial charge on any atom is -0.492 e. The Balaban J connectivity index is 2.11. The van der Waals surface area contributed by atoms with Crippen molar-refractivity contribution in [3.8, 4) is 5.75 Å². The lowest BCUT2D eigenvalue weighted by Gasteiger charge is -2.18.